The lowest BCUT2D eigenvalue weighted by atomic mass is 9.94. The van der Waals surface area contributed by atoms with E-state index in [1.54, 1.807) is 6.07 Å². The molecule has 2 aromatic carbocycles. The molecule has 0 unspecified atom stereocenters. The molecule has 0 aliphatic heterocycles. The van der Waals surface area contributed by atoms with E-state index >= 15 is 0 Å². The summed E-state index contributed by atoms with van der Waals surface area (Å²) in [6.07, 6.45) is 6.76. The van der Waals surface area contributed by atoms with Crippen LogP contribution < -0.4 is 0 Å². The number of phenolic OH excluding ortho intramolecular Hbond substituents is 1. The Hall–Kier alpha value is -1.76. The Morgan fingerprint density at radius 1 is 1.05 bits per heavy atom. The minimum absolute atomic E-state index is 0.381. The van der Waals surface area contributed by atoms with Gasteiger partial charge in [0, 0.05) is 5.39 Å². The molecule has 0 atom stereocenters. The average Bonchev–Trinajstić information content (AvgIpc) is 2.43. The van der Waals surface area contributed by atoms with Gasteiger partial charge in [0.15, 0.2) is 0 Å². The first kappa shape index (κ1) is 13.7. The second-order valence-corrected chi connectivity index (χ2v) is 4.95. The third-order valence-corrected chi connectivity index (χ3v) is 3.43. The van der Waals surface area contributed by atoms with E-state index in [1.165, 1.54) is 11.1 Å². The molecule has 0 radical (unpaired) electrons. The molecule has 0 spiro atoms. The van der Waals surface area contributed by atoms with E-state index in [1.807, 2.05) is 6.07 Å². The van der Waals surface area contributed by atoms with E-state index in [2.05, 4.69) is 44.2 Å². The topological polar surface area (TPSA) is 20.2 Å². The molecular formula is C18H22O. The van der Waals surface area contributed by atoms with Crippen molar-refractivity contribution in [3.8, 4) is 5.75 Å². The van der Waals surface area contributed by atoms with Crippen LogP contribution in [0, 0.1) is 0 Å². The molecule has 0 heterocycles. The number of fused-ring (bicyclic) bond motifs is 1. The van der Waals surface area contributed by atoms with Gasteiger partial charge in [-0.15, -0.1) is 0 Å². The Morgan fingerprint density at radius 2 is 1.79 bits per heavy atom. The number of benzene rings is 2. The summed E-state index contributed by atoms with van der Waals surface area (Å²) in [5.41, 5.74) is 2.54. The predicted molar refractivity (Wildman–Crippen MR) is 83.4 cm³/mol. The fourth-order valence-electron chi connectivity index (χ4n) is 2.52. The summed E-state index contributed by atoms with van der Waals surface area (Å²) in [5, 5.41) is 12.3. The highest BCUT2D eigenvalue weighted by Gasteiger charge is 2.08. The molecule has 0 bridgehead atoms. The zero-order valence-corrected chi connectivity index (χ0v) is 11.8. The molecule has 0 fully saturated rings. The van der Waals surface area contributed by atoms with Gasteiger partial charge in [0.25, 0.3) is 0 Å². The van der Waals surface area contributed by atoms with Gasteiger partial charge in [-0.25, -0.2) is 0 Å². The minimum Gasteiger partial charge on any atom is -0.507 e. The van der Waals surface area contributed by atoms with Crippen LogP contribution in [0.1, 0.15) is 45.1 Å². The Balaban J connectivity index is 2.59. The molecule has 2 aromatic rings. The van der Waals surface area contributed by atoms with Crippen molar-refractivity contribution >= 4 is 16.3 Å². The molecule has 0 amide bonds. The highest BCUT2D eigenvalue weighted by Crippen LogP contribution is 2.34. The van der Waals surface area contributed by atoms with Gasteiger partial charge >= 0.3 is 0 Å². The molecule has 0 aliphatic rings. The van der Waals surface area contributed by atoms with Gasteiger partial charge in [0.05, 0.1) is 0 Å². The lowest BCUT2D eigenvalue weighted by molar-refractivity contribution is 0.481. The van der Waals surface area contributed by atoms with Crippen LogP contribution in [0.4, 0.5) is 0 Å². The standard InChI is InChI=1S/C18H22O/c1-3-5-9-14(8-4-2)16-12-6-10-15-11-7-13-17(19)18(15)16/h6-7,9-13,19H,3-5,8H2,1-2H3/b14-9+. The van der Waals surface area contributed by atoms with Crippen LogP contribution >= 0.6 is 0 Å². The highest BCUT2D eigenvalue weighted by atomic mass is 16.3. The first-order valence-electron chi connectivity index (χ1n) is 7.18. The van der Waals surface area contributed by atoms with Gasteiger partial charge in [-0.2, -0.15) is 0 Å². The molecule has 1 N–H and O–H groups in total. The fourth-order valence-corrected chi connectivity index (χ4v) is 2.52. The number of rotatable bonds is 5. The Kier molecular flexibility index (Phi) is 4.62. The summed E-state index contributed by atoms with van der Waals surface area (Å²) >= 11 is 0. The first-order chi connectivity index (χ1) is 9.27. The van der Waals surface area contributed by atoms with Crippen molar-refractivity contribution in [2.75, 3.05) is 0 Å². The summed E-state index contributed by atoms with van der Waals surface area (Å²) in [5.74, 6) is 0.381. The average molecular weight is 254 g/mol. The summed E-state index contributed by atoms with van der Waals surface area (Å²) in [7, 11) is 0. The zero-order valence-electron chi connectivity index (χ0n) is 11.8. The Morgan fingerprint density at radius 3 is 2.47 bits per heavy atom. The largest absolute Gasteiger partial charge is 0.507 e. The monoisotopic (exact) mass is 254 g/mol. The van der Waals surface area contributed by atoms with Crippen LogP contribution in [0.25, 0.3) is 16.3 Å². The highest BCUT2D eigenvalue weighted by molar-refractivity contribution is 5.97. The molecule has 0 saturated carbocycles. The molecule has 1 heteroatoms. The predicted octanol–water partition coefficient (Wildman–Crippen LogP) is 5.53. The van der Waals surface area contributed by atoms with Crippen LogP contribution in [0.15, 0.2) is 42.5 Å². The quantitative estimate of drug-likeness (QED) is 0.743. The number of hydrogen-bond acceptors (Lipinski definition) is 1. The molecular weight excluding hydrogens is 232 g/mol. The molecule has 100 valence electrons. The smallest absolute Gasteiger partial charge is 0.124 e. The maximum Gasteiger partial charge on any atom is 0.124 e. The summed E-state index contributed by atoms with van der Waals surface area (Å²) in [4.78, 5) is 0. The molecule has 1 nitrogen and oxygen atoms in total. The van der Waals surface area contributed by atoms with Crippen molar-refractivity contribution < 1.29 is 5.11 Å². The lowest BCUT2D eigenvalue weighted by Gasteiger charge is -2.12. The summed E-state index contributed by atoms with van der Waals surface area (Å²) < 4.78 is 0. The minimum atomic E-state index is 0.381. The van der Waals surface area contributed by atoms with Crippen molar-refractivity contribution in [3.05, 3.63) is 48.0 Å². The van der Waals surface area contributed by atoms with Crippen LogP contribution in [-0.2, 0) is 0 Å². The first-order valence-corrected chi connectivity index (χ1v) is 7.18. The SMILES string of the molecule is CCC/C=C(\CCC)c1cccc2cccc(O)c12. The lowest BCUT2D eigenvalue weighted by Crippen LogP contribution is -1.88. The second-order valence-electron chi connectivity index (χ2n) is 4.95. The van der Waals surface area contributed by atoms with E-state index in [0.29, 0.717) is 5.75 Å². The van der Waals surface area contributed by atoms with E-state index in [0.717, 1.165) is 36.5 Å². The third-order valence-electron chi connectivity index (χ3n) is 3.43. The Labute approximate surface area is 115 Å². The zero-order chi connectivity index (χ0) is 13.7. The van der Waals surface area contributed by atoms with Crippen molar-refractivity contribution in [2.24, 2.45) is 0 Å². The van der Waals surface area contributed by atoms with Gasteiger partial charge in [-0.05, 0) is 35.4 Å². The Bertz CT molecular complexity index is 576. The van der Waals surface area contributed by atoms with Crippen molar-refractivity contribution in [1.82, 2.24) is 0 Å². The van der Waals surface area contributed by atoms with E-state index < -0.39 is 0 Å². The van der Waals surface area contributed by atoms with E-state index in [9.17, 15) is 5.11 Å². The van der Waals surface area contributed by atoms with Crippen LogP contribution in [-0.4, -0.2) is 5.11 Å². The van der Waals surface area contributed by atoms with Gasteiger partial charge in [-0.3, -0.25) is 0 Å². The maximum absolute atomic E-state index is 10.2. The van der Waals surface area contributed by atoms with Gasteiger partial charge in [0.1, 0.15) is 5.75 Å². The number of aromatic hydroxyl groups is 1. The van der Waals surface area contributed by atoms with E-state index in [-0.39, 0.29) is 0 Å². The molecule has 2 rings (SSSR count). The van der Waals surface area contributed by atoms with E-state index in [4.69, 9.17) is 0 Å². The number of hydrogen-bond donors (Lipinski definition) is 1. The fraction of sp³-hybridized carbons (Fsp3) is 0.333. The van der Waals surface area contributed by atoms with Crippen molar-refractivity contribution in [1.29, 1.82) is 0 Å². The number of allylic oxidation sites excluding steroid dienone is 2. The number of phenols is 1. The van der Waals surface area contributed by atoms with Crippen molar-refractivity contribution in [3.63, 3.8) is 0 Å². The third kappa shape index (κ3) is 2.98. The second kappa shape index (κ2) is 6.42. The normalized spacial score (nSPS) is 12.0. The van der Waals surface area contributed by atoms with Gasteiger partial charge < -0.3 is 5.11 Å². The summed E-state index contributed by atoms with van der Waals surface area (Å²) in [6.45, 7) is 4.39. The van der Waals surface area contributed by atoms with Crippen LogP contribution in [0.2, 0.25) is 0 Å². The molecule has 0 aliphatic carbocycles. The number of unbranched alkanes of at least 4 members (excludes halogenated alkanes) is 1. The molecule has 0 saturated heterocycles. The van der Waals surface area contributed by atoms with Gasteiger partial charge in [0.2, 0.25) is 0 Å². The van der Waals surface area contributed by atoms with Crippen molar-refractivity contribution in [2.45, 2.75) is 39.5 Å². The maximum atomic E-state index is 10.2. The summed E-state index contributed by atoms with van der Waals surface area (Å²) in [6, 6.07) is 12.0. The molecule has 19 heavy (non-hydrogen) atoms. The van der Waals surface area contributed by atoms with Crippen LogP contribution in [0.5, 0.6) is 5.75 Å². The van der Waals surface area contributed by atoms with Gasteiger partial charge in [-0.1, -0.05) is 63.1 Å². The molecule has 0 aromatic heterocycles. The van der Waals surface area contributed by atoms with Crippen LogP contribution in [0.3, 0.4) is 0 Å².